The van der Waals surface area contributed by atoms with Gasteiger partial charge in [0.1, 0.15) is 0 Å². The fourth-order valence-corrected chi connectivity index (χ4v) is 1.35. The summed E-state index contributed by atoms with van der Waals surface area (Å²) in [5.74, 6) is 0. The molecule has 0 heterocycles. The minimum atomic E-state index is -0.452. The molecule has 0 amide bonds. The monoisotopic (exact) mass is 184 g/mol. The molecule has 0 aliphatic heterocycles. The second kappa shape index (κ2) is 3.42. The maximum absolute atomic E-state index is 11.5. The molecule has 14 heavy (non-hydrogen) atoms. The third-order valence-electron chi connectivity index (χ3n) is 2.07. The van der Waals surface area contributed by atoms with Gasteiger partial charge in [-0.15, -0.1) is 0 Å². The minimum absolute atomic E-state index is 0.432. The molecule has 0 N–H and O–H groups in total. The third-order valence-corrected chi connectivity index (χ3v) is 2.07. The largest absolute Gasteiger partial charge is 0.286 e. The molecule has 2 heteroatoms. The summed E-state index contributed by atoms with van der Waals surface area (Å²) in [7, 11) is 0. The summed E-state index contributed by atoms with van der Waals surface area (Å²) in [5.41, 5.74) is -0.884. The Balaban J connectivity index is 3.18. The van der Waals surface area contributed by atoms with E-state index in [9.17, 15) is 9.59 Å². The van der Waals surface area contributed by atoms with Crippen LogP contribution >= 0.6 is 0 Å². The molecule has 2 nitrogen and oxygen atoms in total. The van der Waals surface area contributed by atoms with E-state index in [1.807, 2.05) is 24.3 Å². The maximum Gasteiger partial charge on any atom is 0.233 e. The van der Waals surface area contributed by atoms with Crippen LogP contribution in [0.15, 0.2) is 58.1 Å². The van der Waals surface area contributed by atoms with Gasteiger partial charge in [0.05, 0.1) is 0 Å². The first-order valence-corrected chi connectivity index (χ1v) is 4.31. The van der Waals surface area contributed by atoms with E-state index in [0.717, 1.165) is 5.22 Å². The molecule has 2 aliphatic carbocycles. The zero-order chi connectivity index (χ0) is 9.97. The van der Waals surface area contributed by atoms with E-state index < -0.39 is 10.9 Å². The molecule has 0 aromatic rings. The Hall–Kier alpha value is -1.96. The van der Waals surface area contributed by atoms with Crippen molar-refractivity contribution in [2.45, 2.75) is 0 Å². The Morgan fingerprint density at radius 1 is 0.714 bits per heavy atom. The Morgan fingerprint density at radius 3 is 2.21 bits per heavy atom. The van der Waals surface area contributed by atoms with Gasteiger partial charge in [-0.25, -0.2) is 0 Å². The van der Waals surface area contributed by atoms with Crippen LogP contribution in [0.5, 0.6) is 0 Å². The summed E-state index contributed by atoms with van der Waals surface area (Å²) in [6, 6.07) is 13.7. The van der Waals surface area contributed by atoms with Crippen LogP contribution in [0.1, 0.15) is 0 Å². The van der Waals surface area contributed by atoms with Crippen molar-refractivity contribution in [3.63, 3.8) is 0 Å². The van der Waals surface area contributed by atoms with Crippen LogP contribution in [0.3, 0.4) is 0 Å². The molecule has 0 unspecified atom stereocenters. The summed E-state index contributed by atoms with van der Waals surface area (Å²) in [5, 5.41) is 1.26. The van der Waals surface area contributed by atoms with Gasteiger partial charge < -0.3 is 0 Å². The van der Waals surface area contributed by atoms with Crippen LogP contribution in [0.25, 0.3) is 0 Å². The molecule has 0 aromatic carbocycles. The summed E-state index contributed by atoms with van der Waals surface area (Å²) in [6.45, 7) is 0. The predicted octanol–water partition coefficient (Wildman–Crippen LogP) is 1.13. The Labute approximate surface area is 80.1 Å². The van der Waals surface area contributed by atoms with Crippen LogP contribution in [0.4, 0.5) is 0 Å². The summed E-state index contributed by atoms with van der Waals surface area (Å²) < 4.78 is 0. The first-order valence-electron chi connectivity index (χ1n) is 4.31. The topological polar surface area (TPSA) is 34.1 Å². The van der Waals surface area contributed by atoms with Gasteiger partial charge >= 0.3 is 0 Å². The van der Waals surface area contributed by atoms with Crippen LogP contribution in [-0.4, -0.2) is 0 Å². The molecule has 0 spiro atoms. The summed E-state index contributed by atoms with van der Waals surface area (Å²) in [4.78, 5) is 22.6. The quantitative estimate of drug-likeness (QED) is 0.575. The second-order valence-corrected chi connectivity index (χ2v) is 3.00. The van der Waals surface area contributed by atoms with Gasteiger partial charge in [0.25, 0.3) is 0 Å². The summed E-state index contributed by atoms with van der Waals surface area (Å²) in [6.07, 6.45) is 0. The van der Waals surface area contributed by atoms with Crippen molar-refractivity contribution in [2.75, 3.05) is 0 Å². The van der Waals surface area contributed by atoms with Gasteiger partial charge in [-0.05, 0) is 11.3 Å². The van der Waals surface area contributed by atoms with Gasteiger partial charge in [0.15, 0.2) is 0 Å². The highest BCUT2D eigenvalue weighted by atomic mass is 16.2. The Morgan fingerprint density at radius 2 is 1.43 bits per heavy atom. The molecule has 0 aromatic heterocycles. The van der Waals surface area contributed by atoms with E-state index >= 15 is 0 Å². The smallest absolute Gasteiger partial charge is 0.233 e. The zero-order valence-electron chi connectivity index (χ0n) is 7.44. The first kappa shape index (κ1) is 8.63. The molecule has 68 valence electrons. The molecule has 2 aliphatic rings. The van der Waals surface area contributed by atoms with Crippen molar-refractivity contribution in [2.24, 2.45) is 0 Å². The third kappa shape index (κ3) is 1.42. The molecule has 0 saturated heterocycles. The van der Waals surface area contributed by atoms with Crippen LogP contribution in [-0.2, 0) is 0 Å². The predicted molar refractivity (Wildman–Crippen MR) is 54.3 cm³/mol. The minimum Gasteiger partial charge on any atom is -0.286 e. The molecule has 0 atom stereocenters. The van der Waals surface area contributed by atoms with E-state index in [4.69, 9.17) is 0 Å². The van der Waals surface area contributed by atoms with Gasteiger partial charge in [-0.2, -0.15) is 0 Å². The second-order valence-electron chi connectivity index (χ2n) is 3.00. The molecule has 0 bridgehead atoms. The maximum atomic E-state index is 11.5. The van der Waals surface area contributed by atoms with Crippen molar-refractivity contribution in [1.82, 2.24) is 0 Å². The highest BCUT2D eigenvalue weighted by Gasteiger charge is 1.94. The first-order chi connectivity index (χ1) is 6.79. The molecule has 0 radical (unpaired) electrons. The van der Waals surface area contributed by atoms with Crippen LogP contribution < -0.4 is 10.9 Å². The van der Waals surface area contributed by atoms with Crippen LogP contribution in [0.2, 0.25) is 0 Å². The lowest BCUT2D eigenvalue weighted by atomic mass is 10.2. The van der Waals surface area contributed by atoms with Gasteiger partial charge in [0, 0.05) is 5.22 Å². The lowest BCUT2D eigenvalue weighted by Crippen LogP contribution is -2.23. The van der Waals surface area contributed by atoms with Crippen molar-refractivity contribution in [3.8, 4) is 0 Å². The van der Waals surface area contributed by atoms with Crippen molar-refractivity contribution < 1.29 is 0 Å². The van der Waals surface area contributed by atoms with E-state index in [1.165, 1.54) is 6.07 Å². The zero-order valence-corrected chi connectivity index (χ0v) is 7.44. The fourth-order valence-electron chi connectivity index (χ4n) is 1.35. The average molecular weight is 184 g/mol. The van der Waals surface area contributed by atoms with E-state index in [-0.39, 0.29) is 0 Å². The molecule has 2 rings (SSSR count). The Kier molecular flexibility index (Phi) is 2.11. The molecule has 0 saturated carbocycles. The molecular weight excluding hydrogens is 176 g/mol. The lowest BCUT2D eigenvalue weighted by Gasteiger charge is -1.85. The molecular formula is C12H8O2. The number of hydrogen-bond donors (Lipinski definition) is 0. The lowest BCUT2D eigenvalue weighted by molar-refractivity contribution is 1.36. The van der Waals surface area contributed by atoms with Crippen LogP contribution in [0, 0.1) is 10.4 Å². The SMILES string of the molecule is O=c1ccc2ccccccc=2c1=O. The van der Waals surface area contributed by atoms with Gasteiger partial charge in [0.2, 0.25) is 10.9 Å². The van der Waals surface area contributed by atoms with Gasteiger partial charge in [-0.3, -0.25) is 9.59 Å². The number of hydrogen-bond acceptors (Lipinski definition) is 2. The highest BCUT2D eigenvalue weighted by molar-refractivity contribution is 5.15. The highest BCUT2D eigenvalue weighted by Crippen LogP contribution is 1.90. The van der Waals surface area contributed by atoms with Crippen molar-refractivity contribution in [3.05, 3.63) is 79.4 Å². The van der Waals surface area contributed by atoms with Crippen molar-refractivity contribution >= 4 is 0 Å². The standard InChI is InChI=1S/C12H8O2/c13-11-8-7-9-5-3-1-2-4-6-10(9)12(11)14/h1-8H. The summed E-state index contributed by atoms with van der Waals surface area (Å²) >= 11 is 0. The van der Waals surface area contributed by atoms with E-state index in [0.29, 0.717) is 5.22 Å². The number of rotatable bonds is 0. The fraction of sp³-hybridized carbons (Fsp3) is 0. The van der Waals surface area contributed by atoms with Crippen molar-refractivity contribution in [1.29, 1.82) is 0 Å². The van der Waals surface area contributed by atoms with E-state index in [2.05, 4.69) is 0 Å². The van der Waals surface area contributed by atoms with E-state index in [1.54, 1.807) is 18.2 Å². The average Bonchev–Trinajstić information content (AvgIpc) is 2.13. The normalized spacial score (nSPS) is 10.0. The Bertz CT molecular complexity index is 632. The van der Waals surface area contributed by atoms with Gasteiger partial charge in [-0.1, -0.05) is 42.5 Å². The molecule has 0 fully saturated rings.